The molecule has 0 aliphatic heterocycles. The number of carboxylic acids is 1. The lowest BCUT2D eigenvalue weighted by atomic mass is 9.98. The summed E-state index contributed by atoms with van der Waals surface area (Å²) in [5, 5.41) is 14.1. The third-order valence-corrected chi connectivity index (χ3v) is 5.06. The van der Waals surface area contributed by atoms with Crippen molar-refractivity contribution >= 4 is 29.8 Å². The van der Waals surface area contributed by atoms with Crippen LogP contribution in [-0.2, 0) is 9.53 Å². The lowest BCUT2D eigenvalue weighted by Crippen LogP contribution is -2.19. The summed E-state index contributed by atoms with van der Waals surface area (Å²) in [4.78, 5) is 34.4. The van der Waals surface area contributed by atoms with Gasteiger partial charge in [-0.3, -0.25) is 10.1 Å². The molecule has 0 radical (unpaired) electrons. The van der Waals surface area contributed by atoms with Crippen LogP contribution < -0.4 is 10.6 Å². The molecule has 150 valence electrons. The highest BCUT2D eigenvalue weighted by molar-refractivity contribution is 5.96. The molecule has 1 aliphatic rings. The van der Waals surface area contributed by atoms with Crippen molar-refractivity contribution in [2.75, 3.05) is 17.2 Å². The first-order valence-electron chi connectivity index (χ1n) is 9.28. The minimum atomic E-state index is -1.15. The topological polar surface area (TPSA) is 105 Å². The van der Waals surface area contributed by atoms with Crippen molar-refractivity contribution in [3.8, 4) is 11.1 Å². The molecular formula is C23H18N2O5. The molecule has 3 N–H and O–H groups in total. The normalized spacial score (nSPS) is 11.9. The van der Waals surface area contributed by atoms with Gasteiger partial charge in [-0.25, -0.2) is 9.59 Å². The van der Waals surface area contributed by atoms with E-state index < -0.39 is 12.1 Å². The number of fused-ring (bicyclic) bond motifs is 3. The summed E-state index contributed by atoms with van der Waals surface area (Å²) in [6.45, 7) is 0.120. The van der Waals surface area contributed by atoms with Gasteiger partial charge in [0.15, 0.2) is 0 Å². The molecule has 0 bridgehead atoms. The van der Waals surface area contributed by atoms with Crippen LogP contribution in [0.2, 0.25) is 0 Å². The Labute approximate surface area is 172 Å². The second-order valence-corrected chi connectivity index (χ2v) is 6.78. The van der Waals surface area contributed by atoms with Gasteiger partial charge in [0.05, 0.1) is 16.9 Å². The molecule has 2 amide bonds. The third-order valence-electron chi connectivity index (χ3n) is 5.06. The standard InChI is InChI=1S/C23H18N2O5/c26-13-24-20-10-9-14(22(27)28)11-21(20)25-23(29)30-12-19-17-7-3-1-5-15(17)16-6-2-4-8-18(16)19/h1-11,13,19H,12H2,(H,24,26)(H,25,29)(H,27,28). The van der Waals surface area contributed by atoms with E-state index in [1.165, 1.54) is 18.2 Å². The molecule has 7 heteroatoms. The van der Waals surface area contributed by atoms with Gasteiger partial charge in [0, 0.05) is 5.92 Å². The number of carboxylic acid groups (broad SMARTS) is 1. The van der Waals surface area contributed by atoms with Crippen LogP contribution in [0.1, 0.15) is 27.4 Å². The maximum absolute atomic E-state index is 12.4. The second-order valence-electron chi connectivity index (χ2n) is 6.78. The summed E-state index contributed by atoms with van der Waals surface area (Å²) >= 11 is 0. The van der Waals surface area contributed by atoms with E-state index in [2.05, 4.69) is 10.6 Å². The molecule has 0 aromatic heterocycles. The molecule has 0 atom stereocenters. The van der Waals surface area contributed by atoms with Crippen molar-refractivity contribution in [1.29, 1.82) is 0 Å². The molecule has 0 spiro atoms. The molecule has 0 unspecified atom stereocenters. The Bertz CT molecular complexity index is 1100. The maximum atomic E-state index is 12.4. The van der Waals surface area contributed by atoms with Gasteiger partial charge in [-0.2, -0.15) is 0 Å². The highest BCUT2D eigenvalue weighted by Crippen LogP contribution is 2.44. The van der Waals surface area contributed by atoms with Crippen LogP contribution in [0.15, 0.2) is 66.7 Å². The largest absolute Gasteiger partial charge is 0.478 e. The quantitative estimate of drug-likeness (QED) is 0.533. The summed E-state index contributed by atoms with van der Waals surface area (Å²) in [6.07, 6.45) is -0.299. The zero-order valence-corrected chi connectivity index (χ0v) is 15.8. The maximum Gasteiger partial charge on any atom is 0.411 e. The molecule has 30 heavy (non-hydrogen) atoms. The predicted octanol–water partition coefficient (Wildman–Crippen LogP) is 4.31. The highest BCUT2D eigenvalue weighted by Gasteiger charge is 2.29. The summed E-state index contributed by atoms with van der Waals surface area (Å²) in [5.41, 5.74) is 4.79. The van der Waals surface area contributed by atoms with Gasteiger partial charge < -0.3 is 15.2 Å². The Morgan fingerprint density at radius 3 is 2.17 bits per heavy atom. The number of carbonyl (C=O) groups excluding carboxylic acids is 2. The Morgan fingerprint density at radius 2 is 1.57 bits per heavy atom. The number of hydrogen-bond donors (Lipinski definition) is 3. The molecule has 3 aromatic carbocycles. The van der Waals surface area contributed by atoms with Crippen molar-refractivity contribution in [2.24, 2.45) is 0 Å². The second kappa shape index (κ2) is 8.08. The fraction of sp³-hybridized carbons (Fsp3) is 0.0870. The molecule has 0 saturated carbocycles. The minimum Gasteiger partial charge on any atom is -0.478 e. The third kappa shape index (κ3) is 3.60. The van der Waals surface area contributed by atoms with Crippen LogP contribution in [0, 0.1) is 0 Å². The van der Waals surface area contributed by atoms with Gasteiger partial charge in [0.1, 0.15) is 6.61 Å². The first-order valence-corrected chi connectivity index (χ1v) is 9.28. The van der Waals surface area contributed by atoms with E-state index in [4.69, 9.17) is 9.84 Å². The van der Waals surface area contributed by atoms with Crippen molar-refractivity contribution in [2.45, 2.75) is 5.92 Å². The number of ether oxygens (including phenoxy) is 1. The molecule has 3 aromatic rings. The summed E-state index contributed by atoms with van der Waals surface area (Å²) in [6, 6.07) is 20.0. The van der Waals surface area contributed by atoms with Crippen LogP contribution in [-0.4, -0.2) is 30.2 Å². The van der Waals surface area contributed by atoms with Gasteiger partial charge >= 0.3 is 12.1 Å². The van der Waals surface area contributed by atoms with Gasteiger partial charge in [0.25, 0.3) is 0 Å². The number of benzene rings is 3. The number of aromatic carboxylic acids is 1. The van der Waals surface area contributed by atoms with Crippen molar-refractivity contribution < 1.29 is 24.2 Å². The highest BCUT2D eigenvalue weighted by atomic mass is 16.5. The predicted molar refractivity (Wildman–Crippen MR) is 112 cm³/mol. The van der Waals surface area contributed by atoms with Gasteiger partial charge in [0.2, 0.25) is 6.41 Å². The lowest BCUT2D eigenvalue weighted by Gasteiger charge is -2.15. The Balaban J connectivity index is 1.52. The number of rotatable bonds is 6. The van der Waals surface area contributed by atoms with E-state index >= 15 is 0 Å². The van der Waals surface area contributed by atoms with Crippen molar-refractivity contribution in [3.63, 3.8) is 0 Å². The van der Waals surface area contributed by atoms with Crippen molar-refractivity contribution in [1.82, 2.24) is 0 Å². The van der Waals surface area contributed by atoms with Crippen molar-refractivity contribution in [3.05, 3.63) is 83.4 Å². The summed E-state index contributed by atoms with van der Waals surface area (Å²) in [7, 11) is 0. The number of amides is 2. The van der Waals surface area contributed by atoms with E-state index in [0.29, 0.717) is 6.41 Å². The Morgan fingerprint density at radius 1 is 0.933 bits per heavy atom. The Hall–Kier alpha value is -4.13. The van der Waals surface area contributed by atoms with Crippen LogP contribution >= 0.6 is 0 Å². The monoisotopic (exact) mass is 402 g/mol. The van der Waals surface area contributed by atoms with E-state index in [-0.39, 0.29) is 29.5 Å². The number of hydrogen-bond acceptors (Lipinski definition) is 4. The minimum absolute atomic E-state index is 0.0274. The molecule has 7 nitrogen and oxygen atoms in total. The summed E-state index contributed by atoms with van der Waals surface area (Å²) in [5.74, 6) is -1.25. The Kier molecular flexibility index (Phi) is 5.17. The van der Waals surface area contributed by atoms with Crippen LogP contribution in [0.25, 0.3) is 11.1 Å². The average Bonchev–Trinajstić information content (AvgIpc) is 3.07. The van der Waals surface area contributed by atoms with Crippen LogP contribution in [0.3, 0.4) is 0 Å². The van der Waals surface area contributed by atoms with Crippen LogP contribution in [0.5, 0.6) is 0 Å². The first-order chi connectivity index (χ1) is 14.6. The van der Waals surface area contributed by atoms with Gasteiger partial charge in [-0.15, -0.1) is 0 Å². The van der Waals surface area contributed by atoms with E-state index in [1.54, 1.807) is 0 Å². The summed E-state index contributed by atoms with van der Waals surface area (Å²) < 4.78 is 5.46. The van der Waals surface area contributed by atoms with E-state index in [0.717, 1.165) is 22.3 Å². The van der Waals surface area contributed by atoms with Gasteiger partial charge in [-0.05, 0) is 40.5 Å². The fourth-order valence-corrected chi connectivity index (χ4v) is 3.71. The molecule has 0 saturated heterocycles. The zero-order valence-electron chi connectivity index (χ0n) is 15.8. The number of anilines is 2. The SMILES string of the molecule is O=CNc1ccc(C(=O)O)cc1NC(=O)OCC1c2ccccc2-c2ccccc21. The smallest absolute Gasteiger partial charge is 0.411 e. The van der Waals surface area contributed by atoms with E-state index in [1.807, 2.05) is 48.5 Å². The first kappa shape index (κ1) is 19.2. The molecule has 0 heterocycles. The zero-order chi connectivity index (χ0) is 21.1. The van der Waals surface area contributed by atoms with E-state index in [9.17, 15) is 14.4 Å². The van der Waals surface area contributed by atoms with Crippen LogP contribution in [0.4, 0.5) is 16.2 Å². The van der Waals surface area contributed by atoms with Gasteiger partial charge in [-0.1, -0.05) is 48.5 Å². The number of nitrogens with one attached hydrogen (secondary N) is 2. The number of carbonyl (C=O) groups is 3. The molecule has 1 aliphatic carbocycles. The fourth-order valence-electron chi connectivity index (χ4n) is 3.71. The molecule has 4 rings (SSSR count). The molecular weight excluding hydrogens is 384 g/mol. The lowest BCUT2D eigenvalue weighted by molar-refractivity contribution is -0.105. The molecule has 0 fully saturated rings. The average molecular weight is 402 g/mol.